The lowest BCUT2D eigenvalue weighted by molar-refractivity contribution is 0.683. The predicted molar refractivity (Wildman–Crippen MR) is 83.7 cm³/mol. The van der Waals surface area contributed by atoms with E-state index in [1.165, 1.54) is 12.8 Å². The monoisotopic (exact) mass is 305 g/mol. The Morgan fingerprint density at radius 3 is 2.90 bits per heavy atom. The molecule has 112 valence electrons. The van der Waals surface area contributed by atoms with Gasteiger partial charge in [-0.1, -0.05) is 11.6 Å². The molecule has 3 N–H and O–H groups in total. The van der Waals surface area contributed by atoms with E-state index in [4.69, 9.17) is 17.3 Å². The van der Waals surface area contributed by atoms with Crippen LogP contribution in [0.25, 0.3) is 5.65 Å². The normalized spacial score (nSPS) is 25.6. The number of halogens is 1. The summed E-state index contributed by atoms with van der Waals surface area (Å²) in [6.07, 6.45) is 8.54. The zero-order valence-electron chi connectivity index (χ0n) is 11.9. The summed E-state index contributed by atoms with van der Waals surface area (Å²) in [6.45, 7) is 0. The molecule has 2 aromatic heterocycles. The Bertz CT molecular complexity index is 663. The lowest BCUT2D eigenvalue weighted by Crippen LogP contribution is -2.22. The summed E-state index contributed by atoms with van der Waals surface area (Å²) in [5, 5.41) is 8.54. The third-order valence-corrected chi connectivity index (χ3v) is 4.77. The van der Waals surface area contributed by atoms with Gasteiger partial charge in [-0.2, -0.15) is 9.61 Å². The third-order valence-electron chi connectivity index (χ3n) is 4.50. The summed E-state index contributed by atoms with van der Waals surface area (Å²) in [4.78, 5) is 4.67. The maximum atomic E-state index is 6.21. The molecular weight excluding hydrogens is 286 g/mol. The summed E-state index contributed by atoms with van der Waals surface area (Å²) in [5.41, 5.74) is 7.86. The predicted octanol–water partition coefficient (Wildman–Crippen LogP) is 2.63. The molecular formula is C15H20ClN5. The Morgan fingerprint density at radius 1 is 1.33 bits per heavy atom. The molecule has 2 aromatic rings. The van der Waals surface area contributed by atoms with Crippen molar-refractivity contribution in [2.75, 3.05) is 5.32 Å². The first kappa shape index (κ1) is 13.3. The van der Waals surface area contributed by atoms with Gasteiger partial charge in [-0.3, -0.25) is 0 Å². The van der Waals surface area contributed by atoms with E-state index in [0.717, 1.165) is 48.8 Å². The Kier molecular flexibility index (Phi) is 3.27. The van der Waals surface area contributed by atoms with Crippen LogP contribution in [0.1, 0.15) is 37.8 Å². The quantitative estimate of drug-likeness (QED) is 0.911. The molecule has 0 bridgehead atoms. The van der Waals surface area contributed by atoms with Crippen molar-refractivity contribution in [2.45, 2.75) is 50.6 Å². The highest BCUT2D eigenvalue weighted by Gasteiger charge is 2.25. The van der Waals surface area contributed by atoms with E-state index in [2.05, 4.69) is 21.5 Å². The van der Waals surface area contributed by atoms with E-state index < -0.39 is 0 Å². The average Bonchev–Trinajstić information content (AvgIpc) is 3.06. The SMILES string of the molecule is N[C@H]1CC[C@H](Nc2cc(CC3CC3)nc3c(Cl)cnn23)C1. The van der Waals surface area contributed by atoms with Gasteiger partial charge in [0.05, 0.1) is 6.20 Å². The van der Waals surface area contributed by atoms with Crippen LogP contribution in [0, 0.1) is 5.92 Å². The molecule has 2 atom stereocenters. The summed E-state index contributed by atoms with van der Waals surface area (Å²) < 4.78 is 1.81. The number of anilines is 1. The lowest BCUT2D eigenvalue weighted by Gasteiger charge is -2.16. The molecule has 2 aliphatic carbocycles. The Morgan fingerprint density at radius 2 is 2.19 bits per heavy atom. The van der Waals surface area contributed by atoms with Crippen LogP contribution < -0.4 is 11.1 Å². The molecule has 0 saturated heterocycles. The highest BCUT2D eigenvalue weighted by molar-refractivity contribution is 6.33. The average molecular weight is 306 g/mol. The first-order valence-corrected chi connectivity index (χ1v) is 8.12. The molecule has 2 fully saturated rings. The molecule has 0 aliphatic heterocycles. The minimum atomic E-state index is 0.312. The van der Waals surface area contributed by atoms with Gasteiger partial charge in [-0.05, 0) is 44.4 Å². The Hall–Kier alpha value is -1.33. The van der Waals surface area contributed by atoms with Crippen molar-refractivity contribution >= 4 is 23.1 Å². The second-order valence-electron chi connectivity index (χ2n) is 6.42. The number of nitrogens with two attached hydrogens (primary N) is 1. The van der Waals surface area contributed by atoms with Gasteiger partial charge in [0.25, 0.3) is 0 Å². The van der Waals surface area contributed by atoms with E-state index in [9.17, 15) is 0 Å². The van der Waals surface area contributed by atoms with Crippen molar-refractivity contribution in [2.24, 2.45) is 11.7 Å². The number of hydrogen-bond donors (Lipinski definition) is 2. The molecule has 0 radical (unpaired) electrons. The first-order chi connectivity index (χ1) is 10.2. The van der Waals surface area contributed by atoms with E-state index in [-0.39, 0.29) is 0 Å². The summed E-state index contributed by atoms with van der Waals surface area (Å²) in [5.74, 6) is 1.79. The summed E-state index contributed by atoms with van der Waals surface area (Å²) in [6, 6.07) is 2.85. The standard InChI is InChI=1S/C15H20ClN5/c16-13-8-18-21-14(19-11-4-3-10(17)6-11)7-12(20-15(13)21)5-9-1-2-9/h7-11,19H,1-6,17H2/t10-,11-/m0/s1. The van der Waals surface area contributed by atoms with Crippen molar-refractivity contribution in [1.82, 2.24) is 14.6 Å². The van der Waals surface area contributed by atoms with Crippen LogP contribution in [-0.2, 0) is 6.42 Å². The van der Waals surface area contributed by atoms with Crippen LogP contribution in [0.2, 0.25) is 5.02 Å². The fourth-order valence-corrected chi connectivity index (χ4v) is 3.33. The molecule has 6 heteroatoms. The van der Waals surface area contributed by atoms with Crippen LogP contribution in [0.3, 0.4) is 0 Å². The van der Waals surface area contributed by atoms with Gasteiger partial charge < -0.3 is 11.1 Å². The largest absolute Gasteiger partial charge is 0.367 e. The second kappa shape index (κ2) is 5.14. The van der Waals surface area contributed by atoms with Gasteiger partial charge in [0.2, 0.25) is 0 Å². The highest BCUT2D eigenvalue weighted by atomic mass is 35.5. The molecule has 4 rings (SSSR count). The molecule has 2 saturated carbocycles. The van der Waals surface area contributed by atoms with E-state index in [1.54, 1.807) is 6.20 Å². The van der Waals surface area contributed by atoms with Crippen LogP contribution in [0.5, 0.6) is 0 Å². The zero-order valence-corrected chi connectivity index (χ0v) is 12.7. The zero-order chi connectivity index (χ0) is 14.4. The second-order valence-corrected chi connectivity index (χ2v) is 6.83. The first-order valence-electron chi connectivity index (χ1n) is 7.74. The molecule has 2 heterocycles. The Balaban J connectivity index is 1.67. The number of nitrogens with one attached hydrogen (secondary N) is 1. The van der Waals surface area contributed by atoms with Gasteiger partial charge >= 0.3 is 0 Å². The van der Waals surface area contributed by atoms with Gasteiger partial charge in [0, 0.05) is 23.8 Å². The molecule has 2 aliphatic rings. The van der Waals surface area contributed by atoms with Crippen LogP contribution >= 0.6 is 11.6 Å². The number of nitrogens with zero attached hydrogens (tertiary/aromatic N) is 3. The highest BCUT2D eigenvalue weighted by Crippen LogP contribution is 2.33. The van der Waals surface area contributed by atoms with Crippen LogP contribution in [0.15, 0.2) is 12.3 Å². The Labute approximate surface area is 128 Å². The smallest absolute Gasteiger partial charge is 0.176 e. The van der Waals surface area contributed by atoms with Gasteiger partial charge in [-0.15, -0.1) is 0 Å². The number of rotatable bonds is 4. The molecule has 0 unspecified atom stereocenters. The number of fused-ring (bicyclic) bond motifs is 1. The van der Waals surface area contributed by atoms with E-state index in [1.807, 2.05) is 4.52 Å². The van der Waals surface area contributed by atoms with E-state index in [0.29, 0.717) is 17.1 Å². The van der Waals surface area contributed by atoms with Crippen LogP contribution in [0.4, 0.5) is 5.82 Å². The number of aromatic nitrogens is 3. The van der Waals surface area contributed by atoms with Gasteiger partial charge in [0.15, 0.2) is 5.65 Å². The molecule has 21 heavy (non-hydrogen) atoms. The fraction of sp³-hybridized carbons (Fsp3) is 0.600. The maximum Gasteiger partial charge on any atom is 0.176 e. The molecule has 0 amide bonds. The van der Waals surface area contributed by atoms with Crippen molar-refractivity contribution < 1.29 is 0 Å². The van der Waals surface area contributed by atoms with Crippen molar-refractivity contribution in [3.63, 3.8) is 0 Å². The van der Waals surface area contributed by atoms with Crippen molar-refractivity contribution in [1.29, 1.82) is 0 Å². The lowest BCUT2D eigenvalue weighted by atomic mass is 10.2. The van der Waals surface area contributed by atoms with Crippen molar-refractivity contribution in [3.05, 3.63) is 23.0 Å². The maximum absolute atomic E-state index is 6.21. The molecule has 0 spiro atoms. The minimum absolute atomic E-state index is 0.312. The third kappa shape index (κ3) is 2.72. The number of hydrogen-bond acceptors (Lipinski definition) is 4. The van der Waals surface area contributed by atoms with E-state index >= 15 is 0 Å². The fourth-order valence-electron chi connectivity index (χ4n) is 3.17. The summed E-state index contributed by atoms with van der Waals surface area (Å²) >= 11 is 6.21. The van der Waals surface area contributed by atoms with Gasteiger partial charge in [0.1, 0.15) is 10.8 Å². The molecule has 5 nitrogen and oxygen atoms in total. The van der Waals surface area contributed by atoms with Crippen molar-refractivity contribution in [3.8, 4) is 0 Å². The van der Waals surface area contributed by atoms with Crippen LogP contribution in [-0.4, -0.2) is 26.7 Å². The van der Waals surface area contributed by atoms with Gasteiger partial charge in [-0.25, -0.2) is 4.98 Å². The summed E-state index contributed by atoms with van der Waals surface area (Å²) in [7, 11) is 0. The topological polar surface area (TPSA) is 68.2 Å². The minimum Gasteiger partial charge on any atom is -0.367 e. The molecule has 0 aromatic carbocycles.